The molecule has 0 aromatic heterocycles. The van der Waals surface area contributed by atoms with E-state index in [4.69, 9.17) is 0 Å². The van der Waals surface area contributed by atoms with Crippen molar-refractivity contribution >= 4 is 17.7 Å². The lowest BCUT2D eigenvalue weighted by atomic mass is 10.9. The van der Waals surface area contributed by atoms with Crippen LogP contribution in [0.25, 0.3) is 0 Å². The lowest BCUT2D eigenvalue weighted by Crippen LogP contribution is -1.62. The summed E-state index contributed by atoms with van der Waals surface area (Å²) in [4.78, 5) is 9.26. The fraction of sp³-hybridized carbons (Fsp3) is 0.500. The summed E-state index contributed by atoms with van der Waals surface area (Å²) in [7, 11) is 0. The minimum atomic E-state index is -0.250. The number of carbonyl (C=O) groups is 1. The van der Waals surface area contributed by atoms with E-state index >= 15 is 0 Å². The standard InChI is InChI=1S/C2H3OS/c1-2(3)4/h1H3. The Morgan fingerprint density at radius 1 is 2.00 bits per heavy atom. The topological polar surface area (TPSA) is 17.1 Å². The van der Waals surface area contributed by atoms with Crippen LogP contribution in [0.15, 0.2) is 0 Å². The van der Waals surface area contributed by atoms with Gasteiger partial charge in [-0.1, -0.05) is 0 Å². The fourth-order valence-electron chi connectivity index (χ4n) is 0. The summed E-state index contributed by atoms with van der Waals surface area (Å²) in [5.41, 5.74) is 0. The molecule has 0 aliphatic rings. The van der Waals surface area contributed by atoms with Crippen molar-refractivity contribution in [2.45, 2.75) is 6.92 Å². The number of rotatable bonds is 0. The molecule has 0 aliphatic heterocycles. The first kappa shape index (κ1) is 3.89. The lowest BCUT2D eigenvalue weighted by molar-refractivity contribution is -0.108. The van der Waals surface area contributed by atoms with E-state index in [1.165, 1.54) is 6.92 Å². The molecule has 0 bridgehead atoms. The van der Waals surface area contributed by atoms with E-state index in [0.717, 1.165) is 0 Å². The molecular weight excluding hydrogens is 72.1 g/mol. The Kier molecular flexibility index (Phi) is 1.20. The summed E-state index contributed by atoms with van der Waals surface area (Å²) >= 11 is 3.98. The highest BCUT2D eigenvalue weighted by molar-refractivity contribution is 7.96. The van der Waals surface area contributed by atoms with Gasteiger partial charge >= 0.3 is 0 Å². The molecule has 0 saturated heterocycles. The molecule has 0 saturated carbocycles. The van der Waals surface area contributed by atoms with Gasteiger partial charge in [0.05, 0.1) is 0 Å². The van der Waals surface area contributed by atoms with E-state index in [-0.39, 0.29) is 5.12 Å². The fourth-order valence-corrected chi connectivity index (χ4v) is 0. The summed E-state index contributed by atoms with van der Waals surface area (Å²) in [6, 6.07) is 0. The van der Waals surface area contributed by atoms with Crippen LogP contribution in [-0.2, 0) is 4.79 Å². The number of hydrogen-bond donors (Lipinski definition) is 0. The largest absolute Gasteiger partial charge is 0.282 e. The second kappa shape index (κ2) is 1.24. The van der Waals surface area contributed by atoms with Gasteiger partial charge in [0.1, 0.15) is 0 Å². The van der Waals surface area contributed by atoms with Crippen molar-refractivity contribution in [1.82, 2.24) is 0 Å². The highest BCUT2D eigenvalue weighted by atomic mass is 32.1. The van der Waals surface area contributed by atoms with E-state index < -0.39 is 0 Å². The monoisotopic (exact) mass is 75.0 g/mol. The van der Waals surface area contributed by atoms with E-state index in [2.05, 4.69) is 12.6 Å². The van der Waals surface area contributed by atoms with Crippen molar-refractivity contribution in [2.24, 2.45) is 0 Å². The van der Waals surface area contributed by atoms with Crippen LogP contribution >= 0.6 is 12.6 Å². The molecule has 0 rings (SSSR count). The van der Waals surface area contributed by atoms with Crippen molar-refractivity contribution < 1.29 is 4.79 Å². The van der Waals surface area contributed by atoms with Gasteiger partial charge in [-0.15, -0.1) is 0 Å². The van der Waals surface area contributed by atoms with E-state index in [1.54, 1.807) is 0 Å². The molecule has 2 heteroatoms. The molecule has 4 heavy (non-hydrogen) atoms. The minimum Gasteiger partial charge on any atom is -0.282 e. The predicted octanol–water partition coefficient (Wildman–Crippen LogP) is 0.730. The van der Waals surface area contributed by atoms with Crippen LogP contribution < -0.4 is 0 Å². The van der Waals surface area contributed by atoms with Gasteiger partial charge < -0.3 is 0 Å². The quantitative estimate of drug-likeness (QED) is 0.415. The van der Waals surface area contributed by atoms with Gasteiger partial charge in [0, 0.05) is 6.92 Å². The summed E-state index contributed by atoms with van der Waals surface area (Å²) in [5, 5.41) is -0.250. The first-order valence-electron chi connectivity index (χ1n) is 0.908. The molecule has 0 spiro atoms. The maximum absolute atomic E-state index is 9.26. The minimum absolute atomic E-state index is 0.250. The van der Waals surface area contributed by atoms with Gasteiger partial charge in [0.2, 0.25) is 5.12 Å². The zero-order valence-corrected chi connectivity index (χ0v) is 3.13. The smallest absolute Gasteiger partial charge is 0.215 e. The van der Waals surface area contributed by atoms with Crippen LogP contribution in [0.3, 0.4) is 0 Å². The van der Waals surface area contributed by atoms with Crippen LogP contribution in [0.5, 0.6) is 0 Å². The van der Waals surface area contributed by atoms with Crippen LogP contribution in [0.2, 0.25) is 0 Å². The highest BCUT2D eigenvalue weighted by Crippen LogP contribution is 1.66. The third-order valence-electron chi connectivity index (χ3n) is 0. The van der Waals surface area contributed by atoms with Gasteiger partial charge in [-0.3, -0.25) is 4.79 Å². The summed E-state index contributed by atoms with van der Waals surface area (Å²) < 4.78 is 0. The molecule has 23 valence electrons. The third kappa shape index (κ3) is 124. The molecule has 1 radical (unpaired) electrons. The van der Waals surface area contributed by atoms with Crippen molar-refractivity contribution in [1.29, 1.82) is 0 Å². The Morgan fingerprint density at radius 2 is 2.00 bits per heavy atom. The van der Waals surface area contributed by atoms with Crippen LogP contribution in [0.1, 0.15) is 6.92 Å². The van der Waals surface area contributed by atoms with Gasteiger partial charge in [-0.25, -0.2) is 0 Å². The highest BCUT2D eigenvalue weighted by Gasteiger charge is 1.66. The Balaban J connectivity index is 2.80. The molecular formula is C2H3OS. The first-order chi connectivity index (χ1) is 1.73. The SMILES string of the molecule is CC(=O)[S]. The van der Waals surface area contributed by atoms with E-state index in [1.807, 2.05) is 0 Å². The second-order valence-corrected chi connectivity index (χ2v) is 1.07. The van der Waals surface area contributed by atoms with Crippen molar-refractivity contribution in [3.8, 4) is 0 Å². The van der Waals surface area contributed by atoms with E-state index in [9.17, 15) is 4.79 Å². The molecule has 0 aromatic rings. The molecule has 0 fully saturated rings. The maximum Gasteiger partial charge on any atom is 0.215 e. The second-order valence-electron chi connectivity index (χ2n) is 0.492. The molecule has 0 aliphatic carbocycles. The maximum atomic E-state index is 9.26. The average molecular weight is 75.1 g/mol. The van der Waals surface area contributed by atoms with Gasteiger partial charge in [-0.2, -0.15) is 0 Å². The summed E-state index contributed by atoms with van der Waals surface area (Å²) in [6.07, 6.45) is 0. The Hall–Kier alpha value is -0.110. The summed E-state index contributed by atoms with van der Waals surface area (Å²) in [5.74, 6) is 0. The molecule has 0 N–H and O–H groups in total. The van der Waals surface area contributed by atoms with Crippen molar-refractivity contribution in [3.05, 3.63) is 0 Å². The molecule has 0 heterocycles. The van der Waals surface area contributed by atoms with Crippen molar-refractivity contribution in [2.75, 3.05) is 0 Å². The van der Waals surface area contributed by atoms with Gasteiger partial charge in [0.15, 0.2) is 0 Å². The number of hydrogen-bond acceptors (Lipinski definition) is 1. The molecule has 0 amide bonds. The molecule has 0 unspecified atom stereocenters. The zero-order chi connectivity index (χ0) is 3.58. The Labute approximate surface area is 30.4 Å². The van der Waals surface area contributed by atoms with Gasteiger partial charge in [0.25, 0.3) is 0 Å². The van der Waals surface area contributed by atoms with Crippen molar-refractivity contribution in [3.63, 3.8) is 0 Å². The summed E-state index contributed by atoms with van der Waals surface area (Å²) in [6.45, 7) is 1.34. The van der Waals surface area contributed by atoms with Crippen LogP contribution in [0.4, 0.5) is 0 Å². The lowest BCUT2D eigenvalue weighted by Gasteiger charge is -1.52. The number of carbonyl (C=O) groups excluding carboxylic acids is 1. The normalized spacial score (nSPS) is 6.25. The molecule has 0 aromatic carbocycles. The third-order valence-corrected chi connectivity index (χ3v) is 0. The average Bonchev–Trinajstić information content (AvgIpc) is 0.811. The van der Waals surface area contributed by atoms with Crippen LogP contribution in [0, 0.1) is 0 Å². The molecule has 1 nitrogen and oxygen atoms in total. The van der Waals surface area contributed by atoms with E-state index in [0.29, 0.717) is 0 Å². The Morgan fingerprint density at radius 3 is 2.00 bits per heavy atom. The van der Waals surface area contributed by atoms with Gasteiger partial charge in [-0.05, 0) is 12.6 Å². The first-order valence-corrected chi connectivity index (χ1v) is 1.32. The Bertz CT molecular complexity index is 29.0. The predicted molar refractivity (Wildman–Crippen MR) is 18.3 cm³/mol. The molecule has 0 atom stereocenters. The zero-order valence-electron chi connectivity index (χ0n) is 2.32. The van der Waals surface area contributed by atoms with Crippen LogP contribution in [-0.4, -0.2) is 5.12 Å².